The summed E-state index contributed by atoms with van der Waals surface area (Å²) < 4.78 is 4.58. The van der Waals surface area contributed by atoms with Crippen LogP contribution in [0.4, 0.5) is 0 Å². The Hall–Kier alpha value is -1.51. The van der Waals surface area contributed by atoms with Crippen LogP contribution in [0.25, 0.3) is 0 Å². The van der Waals surface area contributed by atoms with Gasteiger partial charge in [0.1, 0.15) is 5.75 Å². The molecule has 0 spiro atoms. The number of hydrogen-bond donors (Lipinski definition) is 1. The fraction of sp³-hybridized carbons (Fsp3) is 0.462. The van der Waals surface area contributed by atoms with Crippen LogP contribution in [0.15, 0.2) is 24.3 Å². The van der Waals surface area contributed by atoms with E-state index in [1.165, 1.54) is 12.7 Å². The third kappa shape index (κ3) is 3.93. The molecule has 0 saturated heterocycles. The number of aromatic hydroxyl groups is 1. The van der Waals surface area contributed by atoms with Crippen molar-refractivity contribution in [2.75, 3.05) is 7.11 Å². The first-order valence-corrected chi connectivity index (χ1v) is 5.49. The van der Waals surface area contributed by atoms with Crippen molar-refractivity contribution in [1.82, 2.24) is 0 Å². The van der Waals surface area contributed by atoms with Gasteiger partial charge in [0.05, 0.1) is 7.11 Å². The van der Waals surface area contributed by atoms with E-state index in [2.05, 4.69) is 11.7 Å². The SMILES string of the molecule is COC(=O)CCCC(C)c1ccc(O)cc1. The van der Waals surface area contributed by atoms with Crippen LogP contribution < -0.4 is 0 Å². The largest absolute Gasteiger partial charge is 0.508 e. The van der Waals surface area contributed by atoms with Crippen LogP contribution in [0, 0.1) is 0 Å². The number of phenols is 1. The third-order valence-corrected chi connectivity index (χ3v) is 2.71. The Bertz CT molecular complexity index is 330. The molecule has 0 aliphatic carbocycles. The van der Waals surface area contributed by atoms with E-state index in [0.29, 0.717) is 12.3 Å². The van der Waals surface area contributed by atoms with E-state index in [-0.39, 0.29) is 11.7 Å². The van der Waals surface area contributed by atoms with Crippen molar-refractivity contribution in [2.24, 2.45) is 0 Å². The molecular weight excluding hydrogens is 204 g/mol. The summed E-state index contributed by atoms with van der Waals surface area (Å²) in [5.41, 5.74) is 1.18. The minimum atomic E-state index is -0.155. The van der Waals surface area contributed by atoms with Gasteiger partial charge in [-0.3, -0.25) is 4.79 Å². The quantitative estimate of drug-likeness (QED) is 0.779. The van der Waals surface area contributed by atoms with Crippen LogP contribution >= 0.6 is 0 Å². The van der Waals surface area contributed by atoms with Crippen molar-refractivity contribution >= 4 is 5.97 Å². The summed E-state index contributed by atoms with van der Waals surface area (Å²) in [6, 6.07) is 7.20. The molecule has 1 aromatic carbocycles. The molecule has 1 N–H and O–H groups in total. The predicted molar refractivity (Wildman–Crippen MR) is 62.4 cm³/mol. The van der Waals surface area contributed by atoms with E-state index in [4.69, 9.17) is 5.11 Å². The zero-order valence-electron chi connectivity index (χ0n) is 9.77. The van der Waals surface area contributed by atoms with Crippen LogP contribution in [0.3, 0.4) is 0 Å². The van der Waals surface area contributed by atoms with Crippen molar-refractivity contribution in [2.45, 2.75) is 32.1 Å². The molecule has 1 aromatic rings. The first-order chi connectivity index (χ1) is 7.63. The molecule has 0 radical (unpaired) electrons. The number of hydrogen-bond acceptors (Lipinski definition) is 3. The lowest BCUT2D eigenvalue weighted by Crippen LogP contribution is -2.01. The van der Waals surface area contributed by atoms with E-state index in [1.54, 1.807) is 12.1 Å². The van der Waals surface area contributed by atoms with Gasteiger partial charge in [-0.05, 0) is 36.5 Å². The topological polar surface area (TPSA) is 46.5 Å². The zero-order valence-corrected chi connectivity index (χ0v) is 9.77. The van der Waals surface area contributed by atoms with Crippen molar-refractivity contribution < 1.29 is 14.6 Å². The molecule has 1 unspecified atom stereocenters. The van der Waals surface area contributed by atoms with Crippen LogP contribution in [0.2, 0.25) is 0 Å². The standard InChI is InChI=1S/C13H18O3/c1-10(4-3-5-13(15)16-2)11-6-8-12(14)9-7-11/h6-10,14H,3-5H2,1-2H3. The summed E-state index contributed by atoms with van der Waals surface area (Å²) in [7, 11) is 1.41. The van der Waals surface area contributed by atoms with Gasteiger partial charge in [-0.2, -0.15) is 0 Å². The molecule has 16 heavy (non-hydrogen) atoms. The Morgan fingerprint density at radius 1 is 1.38 bits per heavy atom. The number of benzene rings is 1. The lowest BCUT2D eigenvalue weighted by molar-refractivity contribution is -0.140. The van der Waals surface area contributed by atoms with Gasteiger partial charge in [-0.15, -0.1) is 0 Å². The molecule has 0 aliphatic heterocycles. The normalized spacial score (nSPS) is 12.1. The van der Waals surface area contributed by atoms with E-state index >= 15 is 0 Å². The second-order valence-corrected chi connectivity index (χ2v) is 3.96. The summed E-state index contributed by atoms with van der Waals surface area (Å²) in [6.07, 6.45) is 2.24. The number of carbonyl (C=O) groups excluding carboxylic acids is 1. The van der Waals surface area contributed by atoms with Gasteiger partial charge in [0.2, 0.25) is 0 Å². The van der Waals surface area contributed by atoms with E-state index in [0.717, 1.165) is 12.8 Å². The molecule has 1 rings (SSSR count). The maximum Gasteiger partial charge on any atom is 0.305 e. The Morgan fingerprint density at radius 3 is 2.56 bits per heavy atom. The van der Waals surface area contributed by atoms with E-state index in [1.807, 2.05) is 12.1 Å². The van der Waals surface area contributed by atoms with Crippen molar-refractivity contribution in [3.05, 3.63) is 29.8 Å². The molecular formula is C13H18O3. The third-order valence-electron chi connectivity index (χ3n) is 2.71. The number of ether oxygens (including phenoxy) is 1. The zero-order chi connectivity index (χ0) is 12.0. The maximum absolute atomic E-state index is 10.9. The second kappa shape index (κ2) is 6.16. The second-order valence-electron chi connectivity index (χ2n) is 3.96. The molecule has 0 aromatic heterocycles. The number of esters is 1. The van der Waals surface area contributed by atoms with E-state index in [9.17, 15) is 4.79 Å². The monoisotopic (exact) mass is 222 g/mol. The van der Waals surface area contributed by atoms with E-state index < -0.39 is 0 Å². The summed E-state index contributed by atoms with van der Waals surface area (Å²) >= 11 is 0. The first kappa shape index (κ1) is 12.6. The van der Waals surface area contributed by atoms with Gasteiger partial charge in [-0.1, -0.05) is 19.1 Å². The van der Waals surface area contributed by atoms with Gasteiger partial charge in [0.15, 0.2) is 0 Å². The highest BCUT2D eigenvalue weighted by molar-refractivity contribution is 5.68. The van der Waals surface area contributed by atoms with Gasteiger partial charge in [-0.25, -0.2) is 0 Å². The highest BCUT2D eigenvalue weighted by Gasteiger charge is 2.07. The molecule has 0 aliphatic rings. The minimum absolute atomic E-state index is 0.155. The maximum atomic E-state index is 10.9. The van der Waals surface area contributed by atoms with Crippen molar-refractivity contribution in [3.63, 3.8) is 0 Å². The summed E-state index contributed by atoms with van der Waals surface area (Å²) in [5.74, 6) is 0.522. The fourth-order valence-corrected chi connectivity index (χ4v) is 1.62. The van der Waals surface area contributed by atoms with Crippen molar-refractivity contribution in [3.8, 4) is 5.75 Å². The number of methoxy groups -OCH3 is 1. The van der Waals surface area contributed by atoms with Gasteiger partial charge in [0, 0.05) is 6.42 Å². The van der Waals surface area contributed by atoms with Gasteiger partial charge in [0.25, 0.3) is 0 Å². The molecule has 1 atom stereocenters. The van der Waals surface area contributed by atoms with Gasteiger partial charge >= 0.3 is 5.97 Å². The van der Waals surface area contributed by atoms with Crippen LogP contribution in [-0.2, 0) is 9.53 Å². The lowest BCUT2D eigenvalue weighted by Gasteiger charge is -2.11. The summed E-state index contributed by atoms with van der Waals surface area (Å²) in [6.45, 7) is 2.11. The smallest absolute Gasteiger partial charge is 0.305 e. The molecule has 0 fully saturated rings. The molecule has 0 bridgehead atoms. The molecule has 0 heterocycles. The van der Waals surface area contributed by atoms with Crippen LogP contribution in [0.1, 0.15) is 37.7 Å². The average Bonchev–Trinajstić information content (AvgIpc) is 2.29. The molecule has 0 saturated carbocycles. The average molecular weight is 222 g/mol. The minimum Gasteiger partial charge on any atom is -0.508 e. The van der Waals surface area contributed by atoms with Gasteiger partial charge < -0.3 is 9.84 Å². The molecule has 88 valence electrons. The highest BCUT2D eigenvalue weighted by Crippen LogP contribution is 2.23. The molecule has 3 nitrogen and oxygen atoms in total. The highest BCUT2D eigenvalue weighted by atomic mass is 16.5. The lowest BCUT2D eigenvalue weighted by atomic mass is 9.95. The predicted octanol–water partition coefficient (Wildman–Crippen LogP) is 2.84. The number of phenolic OH excluding ortho intramolecular Hbond substituents is 1. The Kier molecular flexibility index (Phi) is 4.83. The number of rotatable bonds is 5. The fourth-order valence-electron chi connectivity index (χ4n) is 1.62. The Morgan fingerprint density at radius 2 is 2.00 bits per heavy atom. The summed E-state index contributed by atoms with van der Waals surface area (Å²) in [5, 5.41) is 9.16. The molecule has 0 amide bonds. The Balaban J connectivity index is 2.37. The van der Waals surface area contributed by atoms with Crippen molar-refractivity contribution in [1.29, 1.82) is 0 Å². The first-order valence-electron chi connectivity index (χ1n) is 5.49. The number of carbonyl (C=O) groups is 1. The van der Waals surface area contributed by atoms with Crippen LogP contribution in [-0.4, -0.2) is 18.2 Å². The Labute approximate surface area is 96.1 Å². The molecule has 3 heteroatoms. The summed E-state index contributed by atoms with van der Waals surface area (Å²) in [4.78, 5) is 10.9. The van der Waals surface area contributed by atoms with Crippen LogP contribution in [0.5, 0.6) is 5.75 Å².